The number of rotatable bonds is 12. The van der Waals surface area contributed by atoms with Gasteiger partial charge in [-0.2, -0.15) is 0 Å². The van der Waals surface area contributed by atoms with Crippen LogP contribution in [0.3, 0.4) is 0 Å². The summed E-state index contributed by atoms with van der Waals surface area (Å²) in [5, 5.41) is 10.5. The summed E-state index contributed by atoms with van der Waals surface area (Å²) in [6, 6.07) is 27.9. The third-order valence-corrected chi connectivity index (χ3v) is 7.17. The molecular formula is C29H32ClN5OS. The summed E-state index contributed by atoms with van der Waals surface area (Å²) in [5.74, 6) is 1.71. The van der Waals surface area contributed by atoms with Crippen LogP contribution in [0.1, 0.15) is 18.4 Å². The van der Waals surface area contributed by atoms with E-state index >= 15 is 0 Å². The summed E-state index contributed by atoms with van der Waals surface area (Å²) in [6.45, 7) is 2.18. The number of carbonyl (C=O) groups excluding carboxylic acids is 1. The first-order chi connectivity index (χ1) is 18.0. The van der Waals surface area contributed by atoms with E-state index in [0.29, 0.717) is 24.5 Å². The van der Waals surface area contributed by atoms with Gasteiger partial charge in [0.1, 0.15) is 0 Å². The zero-order chi connectivity index (χ0) is 26.0. The molecule has 0 saturated carbocycles. The van der Waals surface area contributed by atoms with Crippen molar-refractivity contribution in [3.05, 3.63) is 95.5 Å². The fourth-order valence-electron chi connectivity index (χ4n) is 3.92. The van der Waals surface area contributed by atoms with E-state index in [0.717, 1.165) is 46.5 Å². The molecule has 0 saturated heterocycles. The molecular weight excluding hydrogens is 502 g/mol. The maximum absolute atomic E-state index is 13.1. The van der Waals surface area contributed by atoms with E-state index in [9.17, 15) is 4.79 Å². The molecule has 6 nitrogen and oxygen atoms in total. The number of hydrogen-bond donors (Lipinski definition) is 0. The minimum Gasteiger partial charge on any atom is -0.337 e. The largest absolute Gasteiger partial charge is 0.337 e. The minimum atomic E-state index is 0.178. The molecule has 8 heteroatoms. The van der Waals surface area contributed by atoms with Gasteiger partial charge in [0.25, 0.3) is 0 Å². The van der Waals surface area contributed by atoms with Gasteiger partial charge in [-0.25, -0.2) is 0 Å². The predicted octanol–water partition coefficient (Wildman–Crippen LogP) is 6.05. The van der Waals surface area contributed by atoms with Gasteiger partial charge in [-0.15, -0.1) is 10.2 Å². The number of hydrogen-bond acceptors (Lipinski definition) is 5. The van der Waals surface area contributed by atoms with E-state index in [1.807, 2.05) is 91.8 Å². The topological polar surface area (TPSA) is 54.3 Å². The minimum absolute atomic E-state index is 0.178. The average molecular weight is 534 g/mol. The number of aromatic nitrogens is 3. The number of para-hydroxylation sites is 1. The van der Waals surface area contributed by atoms with E-state index < -0.39 is 0 Å². The second-order valence-electron chi connectivity index (χ2n) is 9.04. The van der Waals surface area contributed by atoms with Crippen LogP contribution >= 0.6 is 23.4 Å². The number of carbonyl (C=O) groups is 1. The summed E-state index contributed by atoms with van der Waals surface area (Å²) < 4.78 is 2.06. The van der Waals surface area contributed by atoms with Gasteiger partial charge in [-0.1, -0.05) is 71.9 Å². The summed E-state index contributed by atoms with van der Waals surface area (Å²) in [6.07, 6.45) is 1.26. The second-order valence-corrected chi connectivity index (χ2v) is 10.5. The summed E-state index contributed by atoms with van der Waals surface area (Å²) in [4.78, 5) is 17.2. The van der Waals surface area contributed by atoms with Crippen molar-refractivity contribution in [2.75, 3.05) is 32.9 Å². The van der Waals surface area contributed by atoms with Gasteiger partial charge in [0.15, 0.2) is 11.0 Å². The normalized spacial score (nSPS) is 11.1. The molecule has 37 heavy (non-hydrogen) atoms. The smallest absolute Gasteiger partial charge is 0.222 e. The highest BCUT2D eigenvalue weighted by atomic mass is 35.5. The zero-order valence-corrected chi connectivity index (χ0v) is 22.8. The zero-order valence-electron chi connectivity index (χ0n) is 21.3. The van der Waals surface area contributed by atoms with Crippen molar-refractivity contribution in [1.82, 2.24) is 24.6 Å². The molecule has 3 aromatic carbocycles. The van der Waals surface area contributed by atoms with E-state index in [-0.39, 0.29) is 5.91 Å². The van der Waals surface area contributed by atoms with Crippen molar-refractivity contribution >= 4 is 29.3 Å². The molecule has 0 unspecified atom stereocenters. The molecule has 0 N–H and O–H groups in total. The van der Waals surface area contributed by atoms with Gasteiger partial charge in [-0.05, 0) is 62.5 Å². The number of thioether (sulfide) groups is 1. The maximum Gasteiger partial charge on any atom is 0.222 e. The third-order valence-electron chi connectivity index (χ3n) is 5.90. The molecule has 0 aliphatic heterocycles. The molecule has 0 aliphatic rings. The Labute approximate surface area is 228 Å². The molecule has 0 spiro atoms. The van der Waals surface area contributed by atoms with Crippen LogP contribution in [0.2, 0.25) is 5.02 Å². The van der Waals surface area contributed by atoms with Crippen molar-refractivity contribution < 1.29 is 4.79 Å². The molecule has 1 heterocycles. The Morgan fingerprint density at radius 1 is 0.892 bits per heavy atom. The first-order valence-electron chi connectivity index (χ1n) is 12.4. The van der Waals surface area contributed by atoms with Crippen molar-refractivity contribution in [3.63, 3.8) is 0 Å². The predicted molar refractivity (Wildman–Crippen MR) is 152 cm³/mol. The van der Waals surface area contributed by atoms with Crippen LogP contribution in [-0.2, 0) is 11.3 Å². The highest BCUT2D eigenvalue weighted by Crippen LogP contribution is 2.29. The van der Waals surface area contributed by atoms with Crippen LogP contribution < -0.4 is 0 Å². The van der Waals surface area contributed by atoms with Gasteiger partial charge >= 0.3 is 0 Å². The van der Waals surface area contributed by atoms with E-state index in [1.54, 1.807) is 11.8 Å². The van der Waals surface area contributed by atoms with Gasteiger partial charge in [0.2, 0.25) is 5.91 Å². The van der Waals surface area contributed by atoms with Crippen molar-refractivity contribution in [3.8, 4) is 17.1 Å². The van der Waals surface area contributed by atoms with Crippen molar-refractivity contribution in [2.45, 2.75) is 24.5 Å². The highest BCUT2D eigenvalue weighted by Gasteiger charge is 2.17. The first kappa shape index (κ1) is 26.9. The molecule has 1 aromatic heterocycles. The van der Waals surface area contributed by atoms with E-state index in [2.05, 4.69) is 31.8 Å². The van der Waals surface area contributed by atoms with Crippen molar-refractivity contribution in [2.24, 2.45) is 0 Å². The first-order valence-corrected chi connectivity index (χ1v) is 13.7. The number of benzene rings is 3. The molecule has 0 atom stereocenters. The van der Waals surface area contributed by atoms with Crippen LogP contribution in [0.4, 0.5) is 0 Å². The van der Waals surface area contributed by atoms with Crippen molar-refractivity contribution in [1.29, 1.82) is 0 Å². The molecule has 1 amide bonds. The summed E-state index contributed by atoms with van der Waals surface area (Å²) in [7, 11) is 4.06. The third kappa shape index (κ3) is 7.68. The Kier molecular flexibility index (Phi) is 9.77. The van der Waals surface area contributed by atoms with Crippen LogP contribution in [0.15, 0.2) is 90.1 Å². The van der Waals surface area contributed by atoms with Crippen LogP contribution in [-0.4, -0.2) is 63.4 Å². The standard InChI is InChI=1S/C29H32ClN5OS/c1-33(2)19-20-34(22-23-10-5-3-6-11-23)27(36)14-9-21-37-29-32-31-28(24-15-17-25(30)18-16-24)35(29)26-12-7-4-8-13-26/h3-8,10-13,15-18H,9,14,19-22H2,1-2H3. The lowest BCUT2D eigenvalue weighted by molar-refractivity contribution is -0.132. The summed E-state index contributed by atoms with van der Waals surface area (Å²) >= 11 is 7.71. The van der Waals surface area contributed by atoms with Gasteiger partial charge < -0.3 is 9.80 Å². The van der Waals surface area contributed by atoms with E-state index in [4.69, 9.17) is 11.6 Å². The van der Waals surface area contributed by atoms with Gasteiger partial charge in [-0.3, -0.25) is 9.36 Å². The maximum atomic E-state index is 13.1. The molecule has 0 fully saturated rings. The summed E-state index contributed by atoms with van der Waals surface area (Å²) in [5.41, 5.74) is 3.09. The SMILES string of the molecule is CN(C)CCN(Cc1ccccc1)C(=O)CCCSc1nnc(-c2ccc(Cl)cc2)n1-c1ccccc1. The molecule has 4 rings (SSSR count). The highest BCUT2D eigenvalue weighted by molar-refractivity contribution is 7.99. The number of amides is 1. The Morgan fingerprint density at radius 2 is 1.57 bits per heavy atom. The Balaban J connectivity index is 1.42. The Morgan fingerprint density at radius 3 is 2.24 bits per heavy atom. The number of halogens is 1. The fraction of sp³-hybridized carbons (Fsp3) is 0.276. The second kappa shape index (κ2) is 13.4. The lowest BCUT2D eigenvalue weighted by Crippen LogP contribution is -2.36. The van der Waals surface area contributed by atoms with Crippen LogP contribution in [0, 0.1) is 0 Å². The average Bonchev–Trinajstić information content (AvgIpc) is 3.34. The Bertz CT molecular complexity index is 1260. The number of nitrogens with zero attached hydrogens (tertiary/aromatic N) is 5. The molecule has 0 bridgehead atoms. The number of likely N-dealkylation sites (N-methyl/N-ethyl adjacent to an activating group) is 1. The van der Waals surface area contributed by atoms with Crippen LogP contribution in [0.5, 0.6) is 0 Å². The molecule has 0 aliphatic carbocycles. The monoisotopic (exact) mass is 533 g/mol. The quantitative estimate of drug-likeness (QED) is 0.164. The van der Waals surface area contributed by atoms with Crippen LogP contribution in [0.25, 0.3) is 17.1 Å². The van der Waals surface area contributed by atoms with Gasteiger partial charge in [0.05, 0.1) is 0 Å². The fourth-order valence-corrected chi connectivity index (χ4v) is 4.94. The van der Waals surface area contributed by atoms with E-state index in [1.165, 1.54) is 0 Å². The lowest BCUT2D eigenvalue weighted by Gasteiger charge is -2.24. The van der Waals surface area contributed by atoms with Gasteiger partial charge in [0, 0.05) is 48.1 Å². The lowest BCUT2D eigenvalue weighted by atomic mass is 10.2. The molecule has 192 valence electrons. The molecule has 4 aromatic rings. The molecule has 0 radical (unpaired) electrons. The Hall–Kier alpha value is -3.13.